The van der Waals surface area contributed by atoms with Crippen LogP contribution in [0.1, 0.15) is 37.6 Å². The molecule has 1 aromatic heterocycles. The topological polar surface area (TPSA) is 51.7 Å². The van der Waals surface area contributed by atoms with Gasteiger partial charge in [-0.2, -0.15) is 13.2 Å². The van der Waals surface area contributed by atoms with Crippen LogP contribution in [0.3, 0.4) is 0 Å². The lowest BCUT2D eigenvalue weighted by atomic mass is 9.56. The first-order valence-electron chi connectivity index (χ1n) is 10.6. The molecule has 4 aliphatic heterocycles. The molecule has 0 radical (unpaired) electrons. The predicted octanol–water partition coefficient (Wildman–Crippen LogP) is 3.25. The van der Waals surface area contributed by atoms with E-state index in [1.165, 1.54) is 13.0 Å². The van der Waals surface area contributed by atoms with Gasteiger partial charge in [0.1, 0.15) is 5.69 Å². The molecule has 6 rings (SSSR count). The molecule has 5 heterocycles. The molecule has 0 spiro atoms. The fourth-order valence-corrected chi connectivity index (χ4v) is 7.75. The van der Waals surface area contributed by atoms with E-state index in [-0.39, 0.29) is 11.3 Å². The van der Waals surface area contributed by atoms with Crippen LogP contribution in [0.4, 0.5) is 13.2 Å². The summed E-state index contributed by atoms with van der Waals surface area (Å²) in [6, 6.07) is 2.25. The first kappa shape index (κ1) is 21.0. The Bertz CT molecular complexity index is 816. The van der Waals surface area contributed by atoms with Gasteiger partial charge in [0.05, 0.1) is 22.7 Å². The summed E-state index contributed by atoms with van der Waals surface area (Å²) in [5.74, 6) is 0.943. The lowest BCUT2D eigenvalue weighted by Gasteiger charge is -2.60. The van der Waals surface area contributed by atoms with Crippen LogP contribution in [0.2, 0.25) is 0 Å². The Hall–Kier alpha value is -0.870. The average molecular weight is 444 g/mol. The van der Waals surface area contributed by atoms with Gasteiger partial charge in [-0.3, -0.25) is 0 Å². The second-order valence-electron chi connectivity index (χ2n) is 9.99. The van der Waals surface area contributed by atoms with Gasteiger partial charge in [-0.15, -0.1) is 4.31 Å². The van der Waals surface area contributed by atoms with Crippen molar-refractivity contribution >= 4 is 11.4 Å². The molecule has 3 unspecified atom stereocenters. The highest BCUT2D eigenvalue weighted by atomic mass is 32.2. The number of aromatic nitrogens is 1. The highest BCUT2D eigenvalue weighted by Gasteiger charge is 2.57. The first-order valence-corrected chi connectivity index (χ1v) is 11.7. The summed E-state index contributed by atoms with van der Waals surface area (Å²) in [6.45, 7) is 9.19. The second kappa shape index (κ2) is 7.07. The summed E-state index contributed by atoms with van der Waals surface area (Å²) in [6.07, 6.45) is -1.03. The molecule has 9 heteroatoms. The van der Waals surface area contributed by atoms with Crippen molar-refractivity contribution in [2.45, 2.75) is 49.8 Å². The molecule has 0 N–H and O–H groups in total. The second-order valence-corrected chi connectivity index (χ2v) is 11.4. The molecule has 5 aliphatic rings. The van der Waals surface area contributed by atoms with Gasteiger partial charge in [0.25, 0.3) is 0 Å². The highest BCUT2D eigenvalue weighted by Crippen LogP contribution is 2.57. The molecule has 1 aromatic rings. The molecule has 3 atom stereocenters. The average Bonchev–Trinajstić information content (AvgIpc) is 3.17. The van der Waals surface area contributed by atoms with Crippen LogP contribution in [0, 0.1) is 24.2 Å². The normalized spacial score (nSPS) is 37.8. The molecule has 1 saturated carbocycles. The fraction of sp³-hybridized carbons (Fsp3) is 0.762. The summed E-state index contributed by atoms with van der Waals surface area (Å²) < 4.78 is 59.4. The molecule has 0 amide bonds. The van der Waals surface area contributed by atoms with E-state index in [2.05, 4.69) is 16.8 Å². The Balaban J connectivity index is 1.19. The van der Waals surface area contributed by atoms with Crippen LogP contribution in [-0.4, -0.2) is 63.7 Å². The van der Waals surface area contributed by atoms with E-state index in [1.807, 2.05) is 4.31 Å². The SMILES string of the molecule is Cc1nc(C(F)(F)F)ccc1[S+]([O-])N1CC2CN(CC34CCOC(C)(C3)C4)CC2C1. The molecule has 0 aromatic carbocycles. The third kappa shape index (κ3) is 3.66. The summed E-state index contributed by atoms with van der Waals surface area (Å²) in [7, 11) is 0. The smallest absolute Gasteiger partial charge is 0.433 e. The molecule has 4 saturated heterocycles. The molecule has 2 bridgehead atoms. The van der Waals surface area contributed by atoms with Gasteiger partial charge in [0.2, 0.25) is 0 Å². The number of fused-ring (bicyclic) bond motifs is 3. The van der Waals surface area contributed by atoms with Gasteiger partial charge < -0.3 is 14.2 Å². The number of hydrogen-bond acceptors (Lipinski definition) is 5. The minimum Gasteiger partial charge on any atom is -0.593 e. The van der Waals surface area contributed by atoms with E-state index in [1.54, 1.807) is 0 Å². The van der Waals surface area contributed by atoms with Crippen molar-refractivity contribution in [1.82, 2.24) is 14.2 Å². The number of likely N-dealkylation sites (tertiary alicyclic amines) is 1. The zero-order valence-electron chi connectivity index (χ0n) is 17.4. The Morgan fingerprint density at radius 3 is 2.43 bits per heavy atom. The number of ether oxygens (including phenoxy) is 1. The first-order chi connectivity index (χ1) is 14.1. The number of rotatable bonds is 4. The molecule has 166 valence electrons. The Labute approximate surface area is 178 Å². The summed E-state index contributed by atoms with van der Waals surface area (Å²) in [5, 5.41) is 0. The fourth-order valence-electron chi connectivity index (χ4n) is 6.33. The molecule has 5 nitrogen and oxygen atoms in total. The number of alkyl halides is 3. The zero-order chi connectivity index (χ0) is 21.3. The van der Waals surface area contributed by atoms with E-state index in [4.69, 9.17) is 4.74 Å². The number of hydrogen-bond donors (Lipinski definition) is 0. The van der Waals surface area contributed by atoms with E-state index < -0.39 is 23.2 Å². The van der Waals surface area contributed by atoms with E-state index in [0.717, 1.165) is 64.7 Å². The van der Waals surface area contributed by atoms with E-state index in [0.29, 0.717) is 22.1 Å². The van der Waals surface area contributed by atoms with Gasteiger partial charge in [-0.1, -0.05) is 0 Å². The van der Waals surface area contributed by atoms with Crippen molar-refractivity contribution in [3.05, 3.63) is 23.5 Å². The molecule has 1 aliphatic carbocycles. The maximum Gasteiger partial charge on any atom is 0.433 e. The standard InChI is InChI=1S/C21H28F3N3O2S/c1-14-17(3-4-18(25-14)21(22,23)24)30(28)27-9-15-7-26(8-16(15)10-27)13-20-5-6-29-19(2,11-20)12-20/h3-4,15-16H,5-13H2,1-2H3. The van der Waals surface area contributed by atoms with E-state index >= 15 is 0 Å². The van der Waals surface area contributed by atoms with Crippen molar-refractivity contribution < 1.29 is 22.5 Å². The third-order valence-corrected chi connectivity index (χ3v) is 8.99. The lowest BCUT2D eigenvalue weighted by molar-refractivity contribution is -0.219. The van der Waals surface area contributed by atoms with Crippen LogP contribution in [0.25, 0.3) is 0 Å². The highest BCUT2D eigenvalue weighted by molar-refractivity contribution is 7.89. The van der Waals surface area contributed by atoms with Crippen LogP contribution in [-0.2, 0) is 22.3 Å². The number of aryl methyl sites for hydroxylation is 1. The van der Waals surface area contributed by atoms with Gasteiger partial charge in [-0.25, -0.2) is 4.98 Å². The van der Waals surface area contributed by atoms with Crippen molar-refractivity contribution in [1.29, 1.82) is 0 Å². The maximum atomic E-state index is 13.0. The molecular formula is C21H28F3N3O2S. The van der Waals surface area contributed by atoms with Crippen LogP contribution < -0.4 is 0 Å². The zero-order valence-corrected chi connectivity index (χ0v) is 18.2. The minimum absolute atomic E-state index is 0.0924. The Morgan fingerprint density at radius 2 is 1.87 bits per heavy atom. The van der Waals surface area contributed by atoms with E-state index in [9.17, 15) is 17.7 Å². The van der Waals surface area contributed by atoms with Gasteiger partial charge in [-0.05, 0) is 62.5 Å². The Kier molecular flexibility index (Phi) is 4.95. The molecule has 5 fully saturated rings. The molecular weight excluding hydrogens is 415 g/mol. The van der Waals surface area contributed by atoms with Crippen molar-refractivity contribution in [3.63, 3.8) is 0 Å². The van der Waals surface area contributed by atoms with Gasteiger partial charge >= 0.3 is 6.18 Å². The maximum absolute atomic E-state index is 13.0. The van der Waals surface area contributed by atoms with Crippen LogP contribution >= 0.6 is 0 Å². The van der Waals surface area contributed by atoms with Gasteiger partial charge in [0, 0.05) is 39.3 Å². The monoisotopic (exact) mass is 443 g/mol. The quantitative estimate of drug-likeness (QED) is 0.669. The summed E-state index contributed by atoms with van der Waals surface area (Å²) >= 11 is -1.47. The van der Waals surface area contributed by atoms with Crippen LogP contribution in [0.5, 0.6) is 0 Å². The van der Waals surface area contributed by atoms with Crippen LogP contribution in [0.15, 0.2) is 17.0 Å². The lowest BCUT2D eigenvalue weighted by Crippen LogP contribution is -2.60. The predicted molar refractivity (Wildman–Crippen MR) is 106 cm³/mol. The Morgan fingerprint density at radius 1 is 1.20 bits per heavy atom. The number of nitrogens with zero attached hydrogens (tertiary/aromatic N) is 3. The minimum atomic E-state index is -4.49. The third-order valence-electron chi connectivity index (χ3n) is 7.42. The number of pyridine rings is 1. The number of halogens is 3. The largest absolute Gasteiger partial charge is 0.593 e. The van der Waals surface area contributed by atoms with Crippen molar-refractivity contribution in [2.24, 2.45) is 17.3 Å². The summed E-state index contributed by atoms with van der Waals surface area (Å²) in [5.41, 5.74) is -0.241. The van der Waals surface area contributed by atoms with Gasteiger partial charge in [0.15, 0.2) is 4.90 Å². The molecule has 30 heavy (non-hydrogen) atoms. The summed E-state index contributed by atoms with van der Waals surface area (Å²) in [4.78, 5) is 6.60. The van der Waals surface area contributed by atoms with Crippen molar-refractivity contribution in [2.75, 3.05) is 39.3 Å². The van der Waals surface area contributed by atoms with Crippen molar-refractivity contribution in [3.8, 4) is 0 Å².